The maximum absolute atomic E-state index is 12.7. The SMILES string of the molecule is CC(=O)Nc1ccc(-c2ccc(S(=O)(=O)NCc3cc(C4CC4)nn3C)cc2)cc1. The van der Waals surface area contributed by atoms with E-state index in [-0.39, 0.29) is 17.3 Å². The molecule has 4 rings (SSSR count). The number of sulfonamides is 1. The molecule has 2 N–H and O–H groups in total. The van der Waals surface area contributed by atoms with Crippen LogP contribution >= 0.6 is 0 Å². The summed E-state index contributed by atoms with van der Waals surface area (Å²) in [6, 6.07) is 16.1. The fourth-order valence-corrected chi connectivity index (χ4v) is 4.30. The van der Waals surface area contributed by atoms with E-state index in [1.807, 2.05) is 37.4 Å². The van der Waals surface area contributed by atoms with Gasteiger partial charge < -0.3 is 5.32 Å². The van der Waals surface area contributed by atoms with Gasteiger partial charge in [-0.05, 0) is 54.3 Å². The Balaban J connectivity index is 1.44. The number of carbonyl (C=O) groups excluding carboxylic acids is 1. The Bertz CT molecular complexity index is 1160. The second kappa shape index (κ2) is 8.04. The molecule has 0 radical (unpaired) electrons. The molecule has 3 aromatic rings. The van der Waals surface area contributed by atoms with Crippen molar-refractivity contribution in [2.45, 2.75) is 37.1 Å². The van der Waals surface area contributed by atoms with E-state index in [4.69, 9.17) is 0 Å². The zero-order valence-corrected chi connectivity index (χ0v) is 17.7. The lowest BCUT2D eigenvalue weighted by atomic mass is 10.1. The number of nitrogens with zero attached hydrogens (tertiary/aromatic N) is 2. The van der Waals surface area contributed by atoms with Gasteiger partial charge in [-0.15, -0.1) is 0 Å². The van der Waals surface area contributed by atoms with Crippen LogP contribution in [0.25, 0.3) is 11.1 Å². The predicted molar refractivity (Wildman–Crippen MR) is 115 cm³/mol. The summed E-state index contributed by atoms with van der Waals surface area (Å²) < 4.78 is 29.8. The smallest absolute Gasteiger partial charge is 0.240 e. The van der Waals surface area contributed by atoms with Crippen LogP contribution in [0.4, 0.5) is 5.69 Å². The summed E-state index contributed by atoms with van der Waals surface area (Å²) in [6.45, 7) is 1.66. The molecule has 0 bridgehead atoms. The third-order valence-corrected chi connectivity index (χ3v) is 6.55. The van der Waals surface area contributed by atoms with Crippen molar-refractivity contribution in [3.8, 4) is 11.1 Å². The summed E-state index contributed by atoms with van der Waals surface area (Å²) >= 11 is 0. The third kappa shape index (κ3) is 4.60. The quantitative estimate of drug-likeness (QED) is 0.608. The molecule has 2 aromatic carbocycles. The normalized spacial score (nSPS) is 13.9. The van der Waals surface area contributed by atoms with Crippen LogP contribution in [0.5, 0.6) is 0 Å². The van der Waals surface area contributed by atoms with Crippen molar-refractivity contribution in [1.29, 1.82) is 0 Å². The van der Waals surface area contributed by atoms with E-state index in [9.17, 15) is 13.2 Å². The highest BCUT2D eigenvalue weighted by atomic mass is 32.2. The first-order chi connectivity index (χ1) is 14.3. The van der Waals surface area contributed by atoms with Crippen LogP contribution < -0.4 is 10.0 Å². The van der Waals surface area contributed by atoms with Crippen molar-refractivity contribution in [3.63, 3.8) is 0 Å². The van der Waals surface area contributed by atoms with E-state index in [1.54, 1.807) is 28.9 Å². The van der Waals surface area contributed by atoms with Crippen molar-refractivity contribution in [1.82, 2.24) is 14.5 Å². The summed E-state index contributed by atoms with van der Waals surface area (Å²) in [5, 5.41) is 7.19. The second-order valence-electron chi connectivity index (χ2n) is 7.57. The molecule has 156 valence electrons. The predicted octanol–water partition coefficient (Wildman–Crippen LogP) is 3.40. The number of carbonyl (C=O) groups is 1. The number of amides is 1. The van der Waals surface area contributed by atoms with Gasteiger partial charge in [-0.3, -0.25) is 9.48 Å². The largest absolute Gasteiger partial charge is 0.326 e. The molecule has 1 aliphatic carbocycles. The minimum atomic E-state index is -3.63. The van der Waals surface area contributed by atoms with Crippen LogP contribution in [0.1, 0.15) is 37.1 Å². The molecule has 8 heteroatoms. The first-order valence-corrected chi connectivity index (χ1v) is 11.3. The van der Waals surface area contributed by atoms with Gasteiger partial charge in [0.2, 0.25) is 15.9 Å². The molecule has 0 spiro atoms. The molecule has 1 aliphatic rings. The van der Waals surface area contributed by atoms with Crippen LogP contribution in [0.15, 0.2) is 59.5 Å². The Labute approximate surface area is 176 Å². The maximum atomic E-state index is 12.7. The highest BCUT2D eigenvalue weighted by molar-refractivity contribution is 7.89. The Hall–Kier alpha value is -2.97. The molecule has 0 aliphatic heterocycles. The van der Waals surface area contributed by atoms with E-state index in [2.05, 4.69) is 15.1 Å². The fraction of sp³-hybridized carbons (Fsp3) is 0.273. The Kier molecular flexibility index (Phi) is 5.44. The van der Waals surface area contributed by atoms with Crippen molar-refractivity contribution >= 4 is 21.6 Å². The van der Waals surface area contributed by atoms with Gasteiger partial charge in [0, 0.05) is 25.6 Å². The molecular formula is C22H24N4O3S. The van der Waals surface area contributed by atoms with Gasteiger partial charge >= 0.3 is 0 Å². The zero-order chi connectivity index (χ0) is 21.3. The monoisotopic (exact) mass is 424 g/mol. The van der Waals surface area contributed by atoms with E-state index in [0.29, 0.717) is 5.92 Å². The van der Waals surface area contributed by atoms with E-state index >= 15 is 0 Å². The Morgan fingerprint density at radius 2 is 1.67 bits per heavy atom. The fourth-order valence-electron chi connectivity index (χ4n) is 3.30. The molecular weight excluding hydrogens is 400 g/mol. The first kappa shape index (κ1) is 20.3. The molecule has 1 amide bonds. The van der Waals surface area contributed by atoms with Crippen molar-refractivity contribution in [2.24, 2.45) is 7.05 Å². The van der Waals surface area contributed by atoms with Crippen LogP contribution in [-0.2, 0) is 28.4 Å². The zero-order valence-electron chi connectivity index (χ0n) is 16.9. The molecule has 1 fully saturated rings. The number of aryl methyl sites for hydroxylation is 1. The van der Waals surface area contributed by atoms with E-state index < -0.39 is 10.0 Å². The first-order valence-electron chi connectivity index (χ1n) is 9.82. The molecule has 1 heterocycles. The van der Waals surface area contributed by atoms with Crippen LogP contribution in [-0.4, -0.2) is 24.1 Å². The van der Waals surface area contributed by atoms with Crippen LogP contribution in [0.2, 0.25) is 0 Å². The van der Waals surface area contributed by atoms with Crippen molar-refractivity contribution in [2.75, 3.05) is 5.32 Å². The van der Waals surface area contributed by atoms with Gasteiger partial charge in [0.25, 0.3) is 0 Å². The summed E-state index contributed by atoms with van der Waals surface area (Å²) in [6.07, 6.45) is 2.31. The van der Waals surface area contributed by atoms with Crippen molar-refractivity contribution in [3.05, 3.63) is 66.0 Å². The highest BCUT2D eigenvalue weighted by Crippen LogP contribution is 2.39. The molecule has 30 heavy (non-hydrogen) atoms. The average Bonchev–Trinajstić information content (AvgIpc) is 3.50. The Morgan fingerprint density at radius 3 is 2.23 bits per heavy atom. The number of aromatic nitrogens is 2. The van der Waals surface area contributed by atoms with E-state index in [1.165, 1.54) is 6.92 Å². The van der Waals surface area contributed by atoms with Crippen molar-refractivity contribution < 1.29 is 13.2 Å². The second-order valence-corrected chi connectivity index (χ2v) is 9.33. The number of nitrogens with one attached hydrogen (secondary N) is 2. The molecule has 1 saturated carbocycles. The lowest BCUT2D eigenvalue weighted by Gasteiger charge is -2.09. The van der Waals surface area contributed by atoms with E-state index in [0.717, 1.165) is 41.0 Å². The van der Waals surface area contributed by atoms with Gasteiger partial charge in [0.1, 0.15) is 0 Å². The number of rotatable bonds is 7. The molecule has 7 nitrogen and oxygen atoms in total. The summed E-state index contributed by atoms with van der Waals surface area (Å²) in [4.78, 5) is 11.3. The van der Waals surface area contributed by atoms with Gasteiger partial charge in [-0.1, -0.05) is 24.3 Å². The van der Waals surface area contributed by atoms with Gasteiger partial charge in [-0.25, -0.2) is 13.1 Å². The highest BCUT2D eigenvalue weighted by Gasteiger charge is 2.27. The summed E-state index contributed by atoms with van der Waals surface area (Å²) in [5.41, 5.74) is 4.43. The lowest BCUT2D eigenvalue weighted by Crippen LogP contribution is -2.24. The third-order valence-electron chi connectivity index (χ3n) is 5.14. The topological polar surface area (TPSA) is 93.1 Å². The van der Waals surface area contributed by atoms with Gasteiger partial charge in [0.05, 0.1) is 22.8 Å². The minimum absolute atomic E-state index is 0.125. The number of hydrogen-bond acceptors (Lipinski definition) is 4. The number of anilines is 1. The molecule has 0 unspecified atom stereocenters. The maximum Gasteiger partial charge on any atom is 0.240 e. The lowest BCUT2D eigenvalue weighted by molar-refractivity contribution is -0.114. The number of benzene rings is 2. The van der Waals surface area contributed by atoms with Crippen LogP contribution in [0, 0.1) is 0 Å². The molecule has 0 saturated heterocycles. The summed E-state index contributed by atoms with van der Waals surface area (Å²) in [5.74, 6) is 0.404. The average molecular weight is 425 g/mol. The molecule has 0 atom stereocenters. The standard InChI is InChI=1S/C22H24N4O3S/c1-15(27)24-19-9-5-16(6-10-19)17-7-11-21(12-8-17)30(28,29)23-14-20-13-22(18-3-4-18)25-26(20)2/h5-13,18,23H,3-4,14H2,1-2H3,(H,24,27). The van der Waals surface area contributed by atoms with Gasteiger partial charge in [0.15, 0.2) is 0 Å². The molecule has 1 aromatic heterocycles. The Morgan fingerprint density at radius 1 is 1.07 bits per heavy atom. The van der Waals surface area contributed by atoms with Gasteiger partial charge in [-0.2, -0.15) is 5.10 Å². The summed E-state index contributed by atoms with van der Waals surface area (Å²) in [7, 11) is -1.79. The minimum Gasteiger partial charge on any atom is -0.326 e. The number of hydrogen-bond donors (Lipinski definition) is 2. The van der Waals surface area contributed by atoms with Crippen LogP contribution in [0.3, 0.4) is 0 Å².